The number of aromatic amines is 1. The summed E-state index contributed by atoms with van der Waals surface area (Å²) in [5.41, 5.74) is 7.48. The minimum absolute atomic E-state index is 0.0306. The van der Waals surface area contributed by atoms with Crippen LogP contribution in [0.2, 0.25) is 5.02 Å². The van der Waals surface area contributed by atoms with E-state index in [1.807, 2.05) is 30.3 Å². The highest BCUT2D eigenvalue weighted by Crippen LogP contribution is 2.25. The van der Waals surface area contributed by atoms with Crippen molar-refractivity contribution in [2.75, 3.05) is 17.2 Å². The maximum atomic E-state index is 13.6. The number of H-pyrrole nitrogens is 1. The Hall–Kier alpha value is -3.58. The first kappa shape index (κ1) is 23.6. The summed E-state index contributed by atoms with van der Waals surface area (Å²) in [4.78, 5) is 42.9. The van der Waals surface area contributed by atoms with Gasteiger partial charge in [0.25, 0.3) is 11.5 Å². The number of anilines is 2. The van der Waals surface area contributed by atoms with E-state index in [4.69, 9.17) is 17.3 Å². The molecule has 1 heterocycles. The van der Waals surface area contributed by atoms with Gasteiger partial charge in [-0.25, -0.2) is 4.79 Å². The Balaban J connectivity index is 1.77. The van der Waals surface area contributed by atoms with Gasteiger partial charge in [0.2, 0.25) is 0 Å². The van der Waals surface area contributed by atoms with Gasteiger partial charge in [0.1, 0.15) is 5.82 Å². The maximum Gasteiger partial charge on any atom is 0.330 e. The van der Waals surface area contributed by atoms with Gasteiger partial charge in [0.15, 0.2) is 5.69 Å². The van der Waals surface area contributed by atoms with E-state index in [2.05, 4.69) is 11.1 Å². The predicted molar refractivity (Wildman–Crippen MR) is 136 cm³/mol. The summed E-state index contributed by atoms with van der Waals surface area (Å²) in [7, 11) is 0. The Labute approximate surface area is 202 Å². The summed E-state index contributed by atoms with van der Waals surface area (Å²) >= 11 is 6.12. The zero-order valence-corrected chi connectivity index (χ0v) is 19.6. The number of halogens is 1. The topological polar surface area (TPSA) is 101 Å². The van der Waals surface area contributed by atoms with Gasteiger partial charge in [-0.05, 0) is 55.9 Å². The largest absolute Gasteiger partial charge is 0.383 e. The summed E-state index contributed by atoms with van der Waals surface area (Å²) in [6, 6.07) is 15.9. The molecule has 34 heavy (non-hydrogen) atoms. The molecular formula is C26H27ClN4O3. The molecule has 3 N–H and O–H groups in total. The van der Waals surface area contributed by atoms with Gasteiger partial charge in [0.05, 0.1) is 6.54 Å². The lowest BCUT2D eigenvalue weighted by Gasteiger charge is -2.26. The van der Waals surface area contributed by atoms with Crippen LogP contribution in [0.4, 0.5) is 11.5 Å². The van der Waals surface area contributed by atoms with Crippen LogP contribution in [0.3, 0.4) is 0 Å². The summed E-state index contributed by atoms with van der Waals surface area (Å²) in [6.45, 7) is 0.424. The smallest absolute Gasteiger partial charge is 0.330 e. The Kier molecular flexibility index (Phi) is 7.33. The zero-order chi connectivity index (χ0) is 24.1. The molecule has 0 saturated heterocycles. The third kappa shape index (κ3) is 5.31. The number of aromatic nitrogens is 2. The summed E-state index contributed by atoms with van der Waals surface area (Å²) in [5, 5.41) is 0.414. The molecule has 0 bridgehead atoms. The molecule has 3 aromatic rings. The van der Waals surface area contributed by atoms with Crippen LogP contribution >= 0.6 is 11.6 Å². The third-order valence-corrected chi connectivity index (χ3v) is 6.26. The molecule has 8 heteroatoms. The van der Waals surface area contributed by atoms with E-state index in [-0.39, 0.29) is 24.6 Å². The van der Waals surface area contributed by atoms with E-state index in [0.717, 1.165) is 31.2 Å². The minimum atomic E-state index is -0.695. The van der Waals surface area contributed by atoms with Crippen molar-refractivity contribution >= 4 is 29.0 Å². The Morgan fingerprint density at radius 1 is 1.09 bits per heavy atom. The average molecular weight is 479 g/mol. The average Bonchev–Trinajstić information content (AvgIpc) is 2.84. The molecule has 1 amide bonds. The van der Waals surface area contributed by atoms with E-state index >= 15 is 0 Å². The molecule has 1 aromatic heterocycles. The fourth-order valence-electron chi connectivity index (χ4n) is 4.24. The maximum absolute atomic E-state index is 13.6. The van der Waals surface area contributed by atoms with E-state index in [1.165, 1.54) is 15.0 Å². The minimum Gasteiger partial charge on any atom is -0.383 e. The lowest BCUT2D eigenvalue weighted by atomic mass is 9.97. The normalized spacial score (nSPS) is 13.4. The molecule has 1 aliphatic rings. The fraction of sp³-hybridized carbons (Fsp3) is 0.269. The van der Waals surface area contributed by atoms with Gasteiger partial charge in [-0.1, -0.05) is 59.6 Å². The lowest BCUT2D eigenvalue weighted by Crippen LogP contribution is -2.42. The van der Waals surface area contributed by atoms with Crippen LogP contribution in [0.25, 0.3) is 0 Å². The van der Waals surface area contributed by atoms with Crippen molar-refractivity contribution in [2.24, 2.45) is 0 Å². The van der Waals surface area contributed by atoms with Gasteiger partial charge in [-0.15, -0.1) is 0 Å². The highest BCUT2D eigenvalue weighted by molar-refractivity contribution is 6.31. The SMILES string of the molecule is Nc1c(N(CCC2=CCCCC2)C(=O)c2cccc(Cl)c2)c(=O)[nH]c(=O)n1Cc1ccccc1. The molecule has 0 atom stereocenters. The van der Waals surface area contributed by atoms with Crippen LogP contribution in [-0.2, 0) is 6.54 Å². The van der Waals surface area contributed by atoms with Crippen LogP contribution < -0.4 is 21.9 Å². The summed E-state index contributed by atoms with van der Waals surface area (Å²) in [6.07, 6.45) is 7.07. The number of nitrogen functional groups attached to an aromatic ring is 1. The van der Waals surface area contributed by atoms with Crippen molar-refractivity contribution in [3.8, 4) is 0 Å². The number of nitrogens with zero attached hydrogens (tertiary/aromatic N) is 2. The number of nitrogens with two attached hydrogens (primary N) is 1. The van der Waals surface area contributed by atoms with E-state index in [9.17, 15) is 14.4 Å². The highest BCUT2D eigenvalue weighted by Gasteiger charge is 2.26. The molecule has 0 aliphatic heterocycles. The molecule has 2 aromatic carbocycles. The first-order valence-electron chi connectivity index (χ1n) is 11.4. The van der Waals surface area contributed by atoms with E-state index in [1.54, 1.807) is 24.3 Å². The first-order valence-corrected chi connectivity index (χ1v) is 11.7. The number of rotatable bonds is 7. The summed E-state index contributed by atoms with van der Waals surface area (Å²) < 4.78 is 1.28. The standard InChI is InChI=1S/C26H27ClN4O3/c27-21-13-7-12-20(16-21)25(33)30(15-14-18-8-3-1-4-9-18)22-23(28)31(26(34)29-24(22)32)17-19-10-5-2-6-11-19/h2,5-8,10-13,16H,1,3-4,9,14-15,17,28H2,(H,29,32,34). The highest BCUT2D eigenvalue weighted by atomic mass is 35.5. The van der Waals surface area contributed by atoms with Gasteiger partial charge in [-0.3, -0.25) is 19.1 Å². The Bertz CT molecular complexity index is 1330. The van der Waals surface area contributed by atoms with Crippen molar-refractivity contribution < 1.29 is 4.79 Å². The van der Waals surface area contributed by atoms with Crippen molar-refractivity contribution in [2.45, 2.75) is 38.6 Å². The van der Waals surface area contributed by atoms with E-state index in [0.29, 0.717) is 17.0 Å². The van der Waals surface area contributed by atoms with Crippen LogP contribution in [0.15, 0.2) is 75.8 Å². The summed E-state index contributed by atoms with van der Waals surface area (Å²) in [5.74, 6) is -0.452. The molecule has 0 spiro atoms. The van der Waals surface area contributed by atoms with Crippen LogP contribution in [0.5, 0.6) is 0 Å². The number of nitrogens with one attached hydrogen (secondary N) is 1. The third-order valence-electron chi connectivity index (χ3n) is 6.03. The van der Waals surface area contributed by atoms with Crippen molar-refractivity contribution in [1.82, 2.24) is 9.55 Å². The van der Waals surface area contributed by atoms with Crippen LogP contribution in [-0.4, -0.2) is 22.0 Å². The molecule has 0 radical (unpaired) electrons. The number of hydrogen-bond acceptors (Lipinski definition) is 4. The van der Waals surface area contributed by atoms with Crippen molar-refractivity contribution in [1.29, 1.82) is 0 Å². The van der Waals surface area contributed by atoms with Crippen molar-refractivity contribution in [3.63, 3.8) is 0 Å². The van der Waals surface area contributed by atoms with Gasteiger partial charge in [0, 0.05) is 17.1 Å². The molecule has 176 valence electrons. The molecular weight excluding hydrogens is 452 g/mol. The number of benzene rings is 2. The molecule has 7 nitrogen and oxygen atoms in total. The Morgan fingerprint density at radius 2 is 1.88 bits per heavy atom. The molecule has 4 rings (SSSR count). The van der Waals surface area contributed by atoms with Crippen LogP contribution in [0, 0.1) is 0 Å². The molecule has 0 saturated carbocycles. The number of carbonyl (C=O) groups is 1. The van der Waals surface area contributed by atoms with Gasteiger partial charge in [-0.2, -0.15) is 0 Å². The monoisotopic (exact) mass is 478 g/mol. The second-order valence-electron chi connectivity index (χ2n) is 8.39. The zero-order valence-electron chi connectivity index (χ0n) is 18.8. The molecule has 0 unspecified atom stereocenters. The number of allylic oxidation sites excluding steroid dienone is 1. The number of hydrogen-bond donors (Lipinski definition) is 2. The number of carbonyl (C=O) groups excluding carboxylic acids is 1. The quantitative estimate of drug-likeness (QED) is 0.492. The van der Waals surface area contributed by atoms with Gasteiger partial charge < -0.3 is 10.6 Å². The van der Waals surface area contributed by atoms with Crippen molar-refractivity contribution in [3.05, 3.63) is 103 Å². The second-order valence-corrected chi connectivity index (χ2v) is 8.83. The first-order chi connectivity index (χ1) is 16.4. The lowest BCUT2D eigenvalue weighted by molar-refractivity contribution is 0.0986. The molecule has 1 aliphatic carbocycles. The predicted octanol–water partition coefficient (Wildman–Crippen LogP) is 4.36. The second kappa shape index (κ2) is 10.6. The van der Waals surface area contributed by atoms with Gasteiger partial charge >= 0.3 is 5.69 Å². The van der Waals surface area contributed by atoms with Crippen LogP contribution in [0.1, 0.15) is 48.0 Å². The van der Waals surface area contributed by atoms with E-state index < -0.39 is 17.2 Å². The molecule has 0 fully saturated rings. The number of amides is 1. The Morgan fingerprint density at radius 3 is 2.59 bits per heavy atom. The fourth-order valence-corrected chi connectivity index (χ4v) is 4.43.